The number of carbonyl (C=O) groups is 3. The van der Waals surface area contributed by atoms with Crippen LogP contribution in [0.5, 0.6) is 11.5 Å². The highest BCUT2D eigenvalue weighted by Crippen LogP contribution is 2.32. The maximum absolute atomic E-state index is 14.9. The van der Waals surface area contributed by atoms with Gasteiger partial charge >= 0.3 is 6.09 Å². The van der Waals surface area contributed by atoms with E-state index < -0.39 is 41.6 Å². The van der Waals surface area contributed by atoms with Crippen molar-refractivity contribution in [3.05, 3.63) is 89.0 Å². The molecule has 3 aromatic rings. The van der Waals surface area contributed by atoms with Crippen LogP contribution in [0.3, 0.4) is 0 Å². The zero-order chi connectivity index (χ0) is 34.2. The Bertz CT molecular complexity index is 1480. The molecule has 0 spiro atoms. The number of para-hydroxylation sites is 1. The van der Waals surface area contributed by atoms with Crippen LogP contribution in [0.15, 0.2) is 66.7 Å². The van der Waals surface area contributed by atoms with Gasteiger partial charge < -0.3 is 30.5 Å². The summed E-state index contributed by atoms with van der Waals surface area (Å²) in [6, 6.07) is 15.7. The van der Waals surface area contributed by atoms with Crippen LogP contribution in [-0.2, 0) is 20.7 Å². The molecule has 4 N–H and O–H groups in total. The Morgan fingerprint density at radius 2 is 1.46 bits per heavy atom. The fourth-order valence-electron chi connectivity index (χ4n) is 5.35. The highest BCUT2D eigenvalue weighted by Gasteiger charge is 2.39. The molecule has 0 saturated heterocycles. The molecule has 0 fully saturated rings. The monoisotopic (exact) mass is 631 g/mol. The van der Waals surface area contributed by atoms with Crippen molar-refractivity contribution in [2.75, 3.05) is 5.32 Å². The van der Waals surface area contributed by atoms with E-state index in [9.17, 15) is 24.6 Å². The summed E-state index contributed by atoms with van der Waals surface area (Å²) < 4.78 is 5.53. The number of nitrogens with one attached hydrogen (secondary N) is 2. The summed E-state index contributed by atoms with van der Waals surface area (Å²) in [4.78, 5) is 43.9. The standard InChI is InChI=1S/C37H49N3O6/c1-23(2)15-16-26(5)40(35(44)31(38-36(45)46-37(6,7)8)21-27-17-19-29(41)20-18-27)33(28-13-10-14-30(42)22-28)34(43)39-32-24(3)11-9-12-25(32)4/h9-14,17-20,22-23,26,31,33,41-42H,15-16,21H2,1-8H3,(H,38,45)(H,39,43). The number of alkyl carbamates (subject to hydrolysis) is 1. The average Bonchev–Trinajstić information content (AvgIpc) is 2.96. The summed E-state index contributed by atoms with van der Waals surface area (Å²) in [6.07, 6.45) is 0.691. The van der Waals surface area contributed by atoms with Gasteiger partial charge in [0.15, 0.2) is 0 Å². The molecule has 248 valence electrons. The molecule has 3 unspecified atom stereocenters. The number of rotatable bonds is 12. The molecule has 0 aliphatic carbocycles. The third kappa shape index (κ3) is 10.3. The van der Waals surface area contributed by atoms with Crippen LogP contribution < -0.4 is 10.6 Å². The minimum atomic E-state index is -1.15. The van der Waals surface area contributed by atoms with Crippen molar-refractivity contribution in [3.8, 4) is 11.5 Å². The second-order valence-electron chi connectivity index (χ2n) is 13.4. The van der Waals surface area contributed by atoms with E-state index in [0.29, 0.717) is 29.2 Å². The highest BCUT2D eigenvalue weighted by atomic mass is 16.6. The van der Waals surface area contributed by atoms with Crippen molar-refractivity contribution in [3.63, 3.8) is 0 Å². The largest absolute Gasteiger partial charge is 0.508 e. The fraction of sp³-hybridized carbons (Fsp3) is 0.432. The van der Waals surface area contributed by atoms with Gasteiger partial charge in [0.25, 0.3) is 5.91 Å². The third-order valence-corrected chi connectivity index (χ3v) is 7.70. The lowest BCUT2D eigenvalue weighted by Gasteiger charge is -2.39. The molecule has 0 aromatic heterocycles. The van der Waals surface area contributed by atoms with Gasteiger partial charge in [-0.15, -0.1) is 0 Å². The fourth-order valence-corrected chi connectivity index (χ4v) is 5.35. The van der Waals surface area contributed by atoms with Gasteiger partial charge in [0.05, 0.1) is 0 Å². The lowest BCUT2D eigenvalue weighted by atomic mass is 9.95. The normalized spacial score (nSPS) is 13.4. The van der Waals surface area contributed by atoms with Crippen LogP contribution in [0, 0.1) is 19.8 Å². The zero-order valence-electron chi connectivity index (χ0n) is 28.3. The number of amides is 3. The molecular formula is C37H49N3O6. The second kappa shape index (κ2) is 15.7. The Morgan fingerprint density at radius 1 is 0.848 bits per heavy atom. The van der Waals surface area contributed by atoms with Crippen LogP contribution in [0.2, 0.25) is 0 Å². The van der Waals surface area contributed by atoms with Crippen molar-refractivity contribution < 1.29 is 29.3 Å². The number of benzene rings is 3. The Balaban J connectivity index is 2.17. The number of hydrogen-bond acceptors (Lipinski definition) is 6. The first kappa shape index (κ1) is 35.9. The molecular weight excluding hydrogens is 582 g/mol. The Labute approximate surface area is 273 Å². The van der Waals surface area contributed by atoms with Crippen LogP contribution in [-0.4, -0.2) is 50.7 Å². The number of anilines is 1. The van der Waals surface area contributed by atoms with Crippen molar-refractivity contribution >= 4 is 23.6 Å². The van der Waals surface area contributed by atoms with Crippen LogP contribution in [0.25, 0.3) is 0 Å². The molecule has 0 aliphatic rings. The minimum Gasteiger partial charge on any atom is -0.508 e. The van der Waals surface area contributed by atoms with Crippen molar-refractivity contribution in [1.29, 1.82) is 0 Å². The first-order valence-corrected chi connectivity index (χ1v) is 15.8. The first-order valence-electron chi connectivity index (χ1n) is 15.8. The van der Waals surface area contributed by atoms with Gasteiger partial charge in [-0.05, 0) is 107 Å². The molecule has 3 aromatic carbocycles. The molecule has 9 nitrogen and oxygen atoms in total. The van der Waals surface area contributed by atoms with Gasteiger partial charge in [0, 0.05) is 18.2 Å². The average molecular weight is 632 g/mol. The SMILES string of the molecule is Cc1cccc(C)c1NC(=O)C(c1cccc(O)c1)N(C(=O)C(Cc1ccc(O)cc1)NC(=O)OC(C)(C)C)C(C)CCC(C)C. The quantitative estimate of drug-likeness (QED) is 0.168. The number of phenolic OH excluding ortho intramolecular Hbond substituents is 2. The summed E-state index contributed by atoms with van der Waals surface area (Å²) in [6.45, 7) is 15.1. The predicted molar refractivity (Wildman–Crippen MR) is 181 cm³/mol. The van der Waals surface area contributed by atoms with Crippen molar-refractivity contribution in [2.45, 2.75) is 98.4 Å². The molecule has 0 heterocycles. The van der Waals surface area contributed by atoms with E-state index >= 15 is 0 Å². The summed E-state index contributed by atoms with van der Waals surface area (Å²) in [7, 11) is 0. The molecule has 0 bridgehead atoms. The van der Waals surface area contributed by atoms with E-state index in [1.807, 2.05) is 39.0 Å². The van der Waals surface area contributed by atoms with E-state index in [1.165, 1.54) is 29.2 Å². The van der Waals surface area contributed by atoms with E-state index in [0.717, 1.165) is 17.5 Å². The smallest absolute Gasteiger partial charge is 0.408 e. The number of hydrogen-bond donors (Lipinski definition) is 4. The Hall–Kier alpha value is -4.53. The van der Waals surface area contributed by atoms with Gasteiger partial charge in [0.1, 0.15) is 29.2 Å². The molecule has 9 heteroatoms. The number of phenols is 2. The molecule has 0 radical (unpaired) electrons. The van der Waals surface area contributed by atoms with Crippen LogP contribution in [0.1, 0.15) is 82.7 Å². The second-order valence-corrected chi connectivity index (χ2v) is 13.4. The minimum absolute atomic E-state index is 0.0443. The third-order valence-electron chi connectivity index (χ3n) is 7.70. The number of ether oxygens (including phenoxy) is 1. The van der Waals surface area contributed by atoms with E-state index in [4.69, 9.17) is 4.74 Å². The van der Waals surface area contributed by atoms with Gasteiger partial charge in [-0.1, -0.05) is 56.3 Å². The van der Waals surface area contributed by atoms with E-state index in [2.05, 4.69) is 24.5 Å². The zero-order valence-corrected chi connectivity index (χ0v) is 28.3. The number of carbonyl (C=O) groups excluding carboxylic acids is 3. The van der Waals surface area contributed by atoms with Gasteiger partial charge in [-0.25, -0.2) is 4.79 Å². The van der Waals surface area contributed by atoms with Gasteiger partial charge in [-0.2, -0.15) is 0 Å². The Morgan fingerprint density at radius 3 is 2.02 bits per heavy atom. The molecule has 46 heavy (non-hydrogen) atoms. The van der Waals surface area contributed by atoms with Crippen molar-refractivity contribution in [2.24, 2.45) is 5.92 Å². The van der Waals surface area contributed by atoms with E-state index in [1.54, 1.807) is 45.0 Å². The number of nitrogens with zero attached hydrogens (tertiary/aromatic N) is 1. The van der Waals surface area contributed by atoms with Gasteiger partial charge in [-0.3, -0.25) is 9.59 Å². The van der Waals surface area contributed by atoms with E-state index in [-0.39, 0.29) is 17.9 Å². The molecule has 3 amide bonds. The summed E-state index contributed by atoms with van der Waals surface area (Å²) in [5.74, 6) is -0.566. The lowest BCUT2D eigenvalue weighted by molar-refractivity contribution is -0.143. The summed E-state index contributed by atoms with van der Waals surface area (Å²) >= 11 is 0. The topological polar surface area (TPSA) is 128 Å². The predicted octanol–water partition coefficient (Wildman–Crippen LogP) is 7.18. The maximum Gasteiger partial charge on any atom is 0.408 e. The first-order chi connectivity index (χ1) is 21.6. The number of aryl methyl sites for hydroxylation is 2. The molecule has 3 rings (SSSR count). The highest BCUT2D eigenvalue weighted by molar-refractivity contribution is 6.00. The van der Waals surface area contributed by atoms with Gasteiger partial charge in [0.2, 0.25) is 5.91 Å². The Kier molecular flexibility index (Phi) is 12.2. The molecule has 0 saturated carbocycles. The maximum atomic E-state index is 14.9. The lowest BCUT2D eigenvalue weighted by Crippen LogP contribution is -2.55. The number of aromatic hydroxyl groups is 2. The summed E-state index contributed by atoms with van der Waals surface area (Å²) in [5, 5.41) is 26.2. The summed E-state index contributed by atoms with van der Waals surface area (Å²) in [5.41, 5.74) is 2.68. The van der Waals surface area contributed by atoms with Crippen molar-refractivity contribution in [1.82, 2.24) is 10.2 Å². The van der Waals surface area contributed by atoms with Crippen LogP contribution in [0.4, 0.5) is 10.5 Å². The van der Waals surface area contributed by atoms with Crippen LogP contribution >= 0.6 is 0 Å². The molecule has 0 aliphatic heterocycles. The molecule has 3 atom stereocenters.